The number of ether oxygens (including phenoxy) is 2. The van der Waals surface area contributed by atoms with Gasteiger partial charge in [0.1, 0.15) is 12.2 Å². The van der Waals surface area contributed by atoms with E-state index in [1.165, 1.54) is 0 Å². The molecule has 110 valence electrons. The first kappa shape index (κ1) is 14.0. The molecular formula is C15H21NO4. The van der Waals surface area contributed by atoms with Crippen LogP contribution in [0.2, 0.25) is 0 Å². The van der Waals surface area contributed by atoms with Crippen molar-refractivity contribution in [3.63, 3.8) is 0 Å². The Kier molecular flexibility index (Phi) is 3.79. The molecule has 2 aliphatic rings. The van der Waals surface area contributed by atoms with Crippen LogP contribution >= 0.6 is 0 Å². The number of hydrogen-bond acceptors (Lipinski definition) is 5. The largest absolute Gasteiger partial charge is 0.390 e. The molecule has 0 radical (unpaired) electrons. The summed E-state index contributed by atoms with van der Waals surface area (Å²) in [5, 5.41) is 10.0. The Morgan fingerprint density at radius 1 is 1.25 bits per heavy atom. The van der Waals surface area contributed by atoms with Crippen molar-refractivity contribution in [1.82, 2.24) is 5.48 Å². The quantitative estimate of drug-likeness (QED) is 0.815. The van der Waals surface area contributed by atoms with Crippen molar-refractivity contribution in [2.24, 2.45) is 0 Å². The highest BCUT2D eigenvalue weighted by Crippen LogP contribution is 2.38. The van der Waals surface area contributed by atoms with Crippen molar-refractivity contribution in [2.75, 3.05) is 0 Å². The molecule has 0 amide bonds. The van der Waals surface area contributed by atoms with Gasteiger partial charge in [0.25, 0.3) is 0 Å². The minimum absolute atomic E-state index is 0.0551. The van der Waals surface area contributed by atoms with Crippen LogP contribution in [-0.4, -0.2) is 35.2 Å². The van der Waals surface area contributed by atoms with E-state index in [0.717, 1.165) is 5.56 Å². The normalized spacial score (nSPS) is 35.1. The summed E-state index contributed by atoms with van der Waals surface area (Å²) in [6.07, 6.45) is -0.390. The van der Waals surface area contributed by atoms with Gasteiger partial charge in [-0.05, 0) is 25.8 Å². The minimum Gasteiger partial charge on any atom is -0.390 e. The van der Waals surface area contributed by atoms with Crippen LogP contribution in [0.4, 0.5) is 0 Å². The van der Waals surface area contributed by atoms with Gasteiger partial charge in [0, 0.05) is 0 Å². The lowest BCUT2D eigenvalue weighted by molar-refractivity contribution is -0.169. The predicted octanol–water partition coefficient (Wildman–Crippen LogP) is 1.36. The maximum absolute atomic E-state index is 10.0. The van der Waals surface area contributed by atoms with E-state index < -0.39 is 11.9 Å². The molecule has 1 aliphatic carbocycles. The number of fused-ring (bicyclic) bond motifs is 1. The molecule has 0 unspecified atom stereocenters. The second-order valence-electron chi connectivity index (χ2n) is 5.87. The van der Waals surface area contributed by atoms with Gasteiger partial charge >= 0.3 is 0 Å². The van der Waals surface area contributed by atoms with Crippen molar-refractivity contribution >= 4 is 0 Å². The third kappa shape index (κ3) is 2.87. The molecule has 0 bridgehead atoms. The van der Waals surface area contributed by atoms with E-state index in [1.54, 1.807) is 0 Å². The lowest BCUT2D eigenvalue weighted by Crippen LogP contribution is -2.39. The summed E-state index contributed by atoms with van der Waals surface area (Å²) in [7, 11) is 0. The Morgan fingerprint density at radius 3 is 2.70 bits per heavy atom. The Balaban J connectivity index is 1.53. The van der Waals surface area contributed by atoms with Crippen molar-refractivity contribution in [3.05, 3.63) is 35.9 Å². The van der Waals surface area contributed by atoms with Crippen LogP contribution in [0.3, 0.4) is 0 Å². The van der Waals surface area contributed by atoms with Crippen molar-refractivity contribution in [2.45, 2.75) is 57.0 Å². The molecular weight excluding hydrogens is 258 g/mol. The molecule has 4 atom stereocenters. The molecule has 1 saturated carbocycles. The van der Waals surface area contributed by atoms with Crippen molar-refractivity contribution < 1.29 is 19.4 Å². The van der Waals surface area contributed by atoms with Gasteiger partial charge in [-0.3, -0.25) is 4.84 Å². The number of nitrogens with one attached hydrogen (secondary N) is 1. The van der Waals surface area contributed by atoms with Crippen LogP contribution in [0.25, 0.3) is 0 Å². The molecule has 5 heteroatoms. The first-order valence-corrected chi connectivity index (χ1v) is 7.00. The topological polar surface area (TPSA) is 60.0 Å². The zero-order valence-corrected chi connectivity index (χ0v) is 11.8. The number of aliphatic hydroxyl groups excluding tert-OH is 1. The molecule has 0 aromatic heterocycles. The zero-order chi connectivity index (χ0) is 14.2. The van der Waals surface area contributed by atoms with Gasteiger partial charge in [0.2, 0.25) is 0 Å². The average molecular weight is 279 g/mol. The second-order valence-corrected chi connectivity index (χ2v) is 5.87. The second kappa shape index (κ2) is 5.42. The molecule has 20 heavy (non-hydrogen) atoms. The van der Waals surface area contributed by atoms with Gasteiger partial charge < -0.3 is 14.6 Å². The van der Waals surface area contributed by atoms with Crippen LogP contribution in [-0.2, 0) is 20.9 Å². The molecule has 1 heterocycles. The molecule has 5 nitrogen and oxygen atoms in total. The Bertz CT molecular complexity index is 450. The zero-order valence-electron chi connectivity index (χ0n) is 11.8. The molecule has 0 spiro atoms. The summed E-state index contributed by atoms with van der Waals surface area (Å²) in [4.78, 5) is 5.53. The molecule has 1 saturated heterocycles. The Labute approximate surface area is 118 Å². The number of aliphatic hydroxyl groups is 1. The fourth-order valence-electron chi connectivity index (χ4n) is 2.88. The highest BCUT2D eigenvalue weighted by Gasteiger charge is 2.53. The Morgan fingerprint density at radius 2 is 1.95 bits per heavy atom. The van der Waals surface area contributed by atoms with Gasteiger partial charge in [-0.1, -0.05) is 30.3 Å². The van der Waals surface area contributed by atoms with Gasteiger partial charge in [0.15, 0.2) is 5.79 Å². The molecule has 1 aliphatic heterocycles. The van der Waals surface area contributed by atoms with Gasteiger partial charge in [-0.25, -0.2) is 0 Å². The Hall–Kier alpha value is -0.980. The maximum Gasteiger partial charge on any atom is 0.163 e. The fraction of sp³-hybridized carbons (Fsp3) is 0.600. The van der Waals surface area contributed by atoms with Crippen LogP contribution in [0, 0.1) is 0 Å². The monoisotopic (exact) mass is 279 g/mol. The van der Waals surface area contributed by atoms with E-state index >= 15 is 0 Å². The fourth-order valence-corrected chi connectivity index (χ4v) is 2.88. The van der Waals surface area contributed by atoms with Gasteiger partial charge in [-0.15, -0.1) is 0 Å². The molecule has 2 N–H and O–H groups in total. The van der Waals surface area contributed by atoms with Crippen molar-refractivity contribution in [1.29, 1.82) is 0 Å². The highest BCUT2D eigenvalue weighted by molar-refractivity contribution is 5.13. The highest BCUT2D eigenvalue weighted by atomic mass is 16.8. The third-order valence-electron chi connectivity index (χ3n) is 3.75. The molecule has 1 aromatic carbocycles. The van der Waals surface area contributed by atoms with E-state index in [2.05, 4.69) is 5.48 Å². The molecule has 2 fully saturated rings. The standard InChI is InChI=1S/C15H21NO4/c1-15(2)19-13-11(8-12(17)14(13)20-15)16-18-9-10-6-4-3-5-7-10/h3-7,11-14,16-17H,8-9H2,1-2H3/t11-,12-,13+,14-/m0/s1. The van der Waals surface area contributed by atoms with E-state index in [1.807, 2.05) is 44.2 Å². The number of hydrogen-bond donors (Lipinski definition) is 2. The minimum atomic E-state index is -0.643. The molecule has 3 rings (SSSR count). The van der Waals surface area contributed by atoms with Gasteiger partial charge in [0.05, 0.1) is 18.8 Å². The van der Waals surface area contributed by atoms with E-state index in [4.69, 9.17) is 14.3 Å². The summed E-state index contributed by atoms with van der Waals surface area (Å²) >= 11 is 0. The van der Waals surface area contributed by atoms with Crippen LogP contribution in [0.5, 0.6) is 0 Å². The molecule has 1 aromatic rings. The van der Waals surface area contributed by atoms with Crippen LogP contribution in [0.1, 0.15) is 25.8 Å². The maximum atomic E-state index is 10.0. The predicted molar refractivity (Wildman–Crippen MR) is 72.6 cm³/mol. The van der Waals surface area contributed by atoms with E-state index in [9.17, 15) is 5.11 Å². The first-order valence-electron chi connectivity index (χ1n) is 7.00. The number of benzene rings is 1. The van der Waals surface area contributed by atoms with E-state index in [-0.39, 0.29) is 18.2 Å². The summed E-state index contributed by atoms with van der Waals surface area (Å²) < 4.78 is 11.5. The average Bonchev–Trinajstić information content (AvgIpc) is 2.87. The SMILES string of the molecule is CC1(C)O[C@@H]2[C@H](O1)[C@@H](NOCc1ccccc1)C[C@@H]2O. The summed E-state index contributed by atoms with van der Waals surface area (Å²) in [6.45, 7) is 4.20. The lowest BCUT2D eigenvalue weighted by atomic mass is 10.2. The first-order chi connectivity index (χ1) is 9.55. The van der Waals surface area contributed by atoms with Gasteiger partial charge in [-0.2, -0.15) is 5.48 Å². The summed E-state index contributed by atoms with van der Waals surface area (Å²) in [6, 6.07) is 9.88. The smallest absolute Gasteiger partial charge is 0.163 e. The summed E-state index contributed by atoms with van der Waals surface area (Å²) in [5.74, 6) is -0.643. The van der Waals surface area contributed by atoms with Crippen molar-refractivity contribution in [3.8, 4) is 0 Å². The lowest BCUT2D eigenvalue weighted by Gasteiger charge is -2.22. The van der Waals surface area contributed by atoms with Crippen LogP contribution < -0.4 is 5.48 Å². The number of hydroxylamine groups is 1. The van der Waals surface area contributed by atoms with E-state index in [0.29, 0.717) is 13.0 Å². The third-order valence-corrected chi connectivity index (χ3v) is 3.75. The number of rotatable bonds is 4. The summed E-state index contributed by atoms with van der Waals surface area (Å²) in [5.41, 5.74) is 4.10. The van der Waals surface area contributed by atoms with Crippen LogP contribution in [0.15, 0.2) is 30.3 Å².